The summed E-state index contributed by atoms with van der Waals surface area (Å²) in [6.45, 7) is 0. The van der Waals surface area contributed by atoms with E-state index in [4.69, 9.17) is 0 Å². The fourth-order valence-electron chi connectivity index (χ4n) is 1.87. The number of halogens is 1. The maximum atomic E-state index is 12.0. The summed E-state index contributed by atoms with van der Waals surface area (Å²) in [6.07, 6.45) is 3.14. The third kappa shape index (κ3) is 4.05. The topological polar surface area (TPSA) is 58.2 Å². The molecule has 2 amide bonds. The number of carbonyl (C=O) groups is 2. The van der Waals surface area contributed by atoms with Crippen LogP contribution in [0, 0.1) is 0 Å². The Morgan fingerprint density at radius 2 is 1.73 bits per heavy atom. The van der Waals surface area contributed by atoms with Gasteiger partial charge in [0, 0.05) is 17.6 Å². The van der Waals surface area contributed by atoms with Crippen LogP contribution in [0.15, 0.2) is 59.1 Å². The number of para-hydroxylation sites is 1. The van der Waals surface area contributed by atoms with Gasteiger partial charge in [0.25, 0.3) is 5.91 Å². The second kappa shape index (κ2) is 7.56. The molecule has 0 atom stereocenters. The smallest absolute Gasteiger partial charge is 0.253 e. The van der Waals surface area contributed by atoms with Crippen molar-refractivity contribution >= 4 is 39.5 Å². The average Bonchev–Trinajstić information content (AvgIpc) is 2.54. The lowest BCUT2D eigenvalue weighted by atomic mass is 10.1. The van der Waals surface area contributed by atoms with E-state index in [1.54, 1.807) is 37.4 Å². The van der Waals surface area contributed by atoms with E-state index < -0.39 is 0 Å². The van der Waals surface area contributed by atoms with Crippen LogP contribution in [0.25, 0.3) is 6.08 Å². The minimum Gasteiger partial charge on any atom is -0.355 e. The summed E-state index contributed by atoms with van der Waals surface area (Å²) in [6, 6.07) is 14.5. The van der Waals surface area contributed by atoms with E-state index in [2.05, 4.69) is 26.6 Å². The lowest BCUT2D eigenvalue weighted by Gasteiger charge is -2.08. The van der Waals surface area contributed by atoms with Crippen LogP contribution in [0.3, 0.4) is 0 Å². The van der Waals surface area contributed by atoms with Crippen molar-refractivity contribution in [3.8, 4) is 0 Å². The van der Waals surface area contributed by atoms with E-state index in [9.17, 15) is 9.59 Å². The van der Waals surface area contributed by atoms with Crippen LogP contribution in [-0.2, 0) is 4.79 Å². The molecule has 0 fully saturated rings. The molecule has 0 radical (unpaired) electrons. The Kier molecular flexibility index (Phi) is 5.49. The Morgan fingerprint density at radius 3 is 2.45 bits per heavy atom. The van der Waals surface area contributed by atoms with E-state index in [1.807, 2.05) is 24.3 Å². The predicted octanol–water partition coefficient (Wildman–Crippen LogP) is 3.46. The van der Waals surface area contributed by atoms with Gasteiger partial charge in [-0.05, 0) is 29.8 Å². The van der Waals surface area contributed by atoms with Crippen LogP contribution >= 0.6 is 15.9 Å². The Morgan fingerprint density at radius 1 is 1.05 bits per heavy atom. The largest absolute Gasteiger partial charge is 0.355 e. The summed E-state index contributed by atoms with van der Waals surface area (Å²) in [5.74, 6) is -0.544. The number of hydrogen-bond donors (Lipinski definition) is 2. The Bertz CT molecular complexity index is 726. The van der Waals surface area contributed by atoms with Gasteiger partial charge < -0.3 is 10.6 Å². The highest BCUT2D eigenvalue weighted by Gasteiger charge is 2.10. The molecule has 0 aliphatic heterocycles. The molecular weight excluding hydrogens is 344 g/mol. The lowest BCUT2D eigenvalue weighted by Crippen LogP contribution is -2.20. The van der Waals surface area contributed by atoms with Gasteiger partial charge in [0.15, 0.2) is 0 Å². The van der Waals surface area contributed by atoms with E-state index in [0.29, 0.717) is 11.3 Å². The summed E-state index contributed by atoms with van der Waals surface area (Å²) >= 11 is 3.42. The third-order valence-corrected chi connectivity index (χ3v) is 3.70. The van der Waals surface area contributed by atoms with Crippen LogP contribution < -0.4 is 10.6 Å². The number of carbonyl (C=O) groups excluding carboxylic acids is 2. The summed E-state index contributed by atoms with van der Waals surface area (Å²) in [7, 11) is 1.55. The highest BCUT2D eigenvalue weighted by atomic mass is 79.9. The fraction of sp³-hybridized carbons (Fsp3) is 0.0588. The summed E-state index contributed by atoms with van der Waals surface area (Å²) in [5.41, 5.74) is 1.80. The molecule has 0 saturated heterocycles. The fourth-order valence-corrected chi connectivity index (χ4v) is 2.29. The molecule has 2 aromatic carbocycles. The molecule has 0 aliphatic carbocycles. The number of nitrogens with one attached hydrogen (secondary N) is 2. The van der Waals surface area contributed by atoms with E-state index in [-0.39, 0.29) is 11.8 Å². The number of hydrogen-bond acceptors (Lipinski definition) is 2. The molecule has 2 aromatic rings. The molecule has 0 aliphatic rings. The predicted molar refractivity (Wildman–Crippen MR) is 91.6 cm³/mol. The van der Waals surface area contributed by atoms with Gasteiger partial charge in [-0.2, -0.15) is 0 Å². The zero-order chi connectivity index (χ0) is 15.9. The van der Waals surface area contributed by atoms with Gasteiger partial charge in [-0.3, -0.25) is 9.59 Å². The summed E-state index contributed by atoms with van der Waals surface area (Å²) in [4.78, 5) is 23.8. The van der Waals surface area contributed by atoms with Crippen LogP contribution in [0.1, 0.15) is 15.9 Å². The quantitative estimate of drug-likeness (QED) is 0.822. The normalized spacial score (nSPS) is 10.5. The standard InChI is InChI=1S/C17H15BrN2O2/c1-19-17(22)13-7-3-5-9-15(13)20-16(21)11-10-12-6-2-4-8-14(12)18/h2-11H,1H3,(H,19,22)(H,20,21)/b11-10+. The minimum atomic E-state index is -0.299. The molecule has 2 N–H and O–H groups in total. The van der Waals surface area contributed by atoms with E-state index >= 15 is 0 Å². The van der Waals surface area contributed by atoms with Crippen molar-refractivity contribution in [2.45, 2.75) is 0 Å². The van der Waals surface area contributed by atoms with Crippen molar-refractivity contribution in [2.24, 2.45) is 0 Å². The first-order valence-electron chi connectivity index (χ1n) is 6.66. The van der Waals surface area contributed by atoms with Crippen LogP contribution in [0.2, 0.25) is 0 Å². The second-order valence-corrected chi connectivity index (χ2v) is 5.32. The van der Waals surface area contributed by atoms with Crippen molar-refractivity contribution in [1.29, 1.82) is 0 Å². The maximum absolute atomic E-state index is 12.0. The molecule has 0 saturated carbocycles. The molecule has 0 bridgehead atoms. The van der Waals surface area contributed by atoms with E-state index in [1.165, 1.54) is 6.08 Å². The Labute approximate surface area is 137 Å². The van der Waals surface area contributed by atoms with Gasteiger partial charge in [0.1, 0.15) is 0 Å². The molecule has 2 rings (SSSR count). The Hall–Kier alpha value is -2.40. The summed E-state index contributed by atoms with van der Waals surface area (Å²) in [5, 5.41) is 5.26. The highest BCUT2D eigenvalue weighted by molar-refractivity contribution is 9.10. The molecule has 112 valence electrons. The molecule has 0 unspecified atom stereocenters. The number of amides is 2. The zero-order valence-electron chi connectivity index (χ0n) is 12.0. The molecular formula is C17H15BrN2O2. The Balaban J connectivity index is 2.13. The molecule has 4 nitrogen and oxygen atoms in total. The second-order valence-electron chi connectivity index (χ2n) is 4.47. The molecule has 5 heteroatoms. The number of anilines is 1. The molecule has 22 heavy (non-hydrogen) atoms. The van der Waals surface area contributed by atoms with Crippen molar-refractivity contribution in [3.05, 3.63) is 70.2 Å². The average molecular weight is 359 g/mol. The SMILES string of the molecule is CNC(=O)c1ccccc1NC(=O)/C=C/c1ccccc1Br. The molecule has 0 aromatic heterocycles. The van der Waals surface area contributed by atoms with Crippen molar-refractivity contribution in [2.75, 3.05) is 12.4 Å². The lowest BCUT2D eigenvalue weighted by molar-refractivity contribution is -0.111. The van der Waals surface area contributed by atoms with E-state index in [0.717, 1.165) is 10.0 Å². The maximum Gasteiger partial charge on any atom is 0.253 e. The monoisotopic (exact) mass is 358 g/mol. The third-order valence-electron chi connectivity index (χ3n) is 2.98. The molecule has 0 spiro atoms. The number of benzene rings is 2. The summed E-state index contributed by atoms with van der Waals surface area (Å²) < 4.78 is 0.907. The van der Waals surface area contributed by atoms with Crippen LogP contribution in [-0.4, -0.2) is 18.9 Å². The van der Waals surface area contributed by atoms with Gasteiger partial charge in [-0.15, -0.1) is 0 Å². The van der Waals surface area contributed by atoms with Gasteiger partial charge in [0.2, 0.25) is 5.91 Å². The zero-order valence-corrected chi connectivity index (χ0v) is 13.6. The first-order chi connectivity index (χ1) is 10.6. The molecule has 0 heterocycles. The van der Waals surface area contributed by atoms with Gasteiger partial charge in [0.05, 0.1) is 11.3 Å². The van der Waals surface area contributed by atoms with Crippen LogP contribution in [0.5, 0.6) is 0 Å². The first-order valence-corrected chi connectivity index (χ1v) is 7.46. The van der Waals surface area contributed by atoms with Crippen LogP contribution in [0.4, 0.5) is 5.69 Å². The minimum absolute atomic E-state index is 0.245. The number of rotatable bonds is 4. The first kappa shape index (κ1) is 16.0. The van der Waals surface area contributed by atoms with Crippen molar-refractivity contribution in [1.82, 2.24) is 5.32 Å². The van der Waals surface area contributed by atoms with Gasteiger partial charge in [-0.1, -0.05) is 46.3 Å². The highest BCUT2D eigenvalue weighted by Crippen LogP contribution is 2.18. The van der Waals surface area contributed by atoms with Crippen molar-refractivity contribution in [3.63, 3.8) is 0 Å². The van der Waals surface area contributed by atoms with Gasteiger partial charge in [-0.25, -0.2) is 0 Å². The van der Waals surface area contributed by atoms with Crippen molar-refractivity contribution < 1.29 is 9.59 Å². The van der Waals surface area contributed by atoms with Gasteiger partial charge >= 0.3 is 0 Å².